The molecule has 6 heteroatoms. The summed E-state index contributed by atoms with van der Waals surface area (Å²) in [6, 6.07) is 4.84. The number of ether oxygens (including phenoxy) is 2. The van der Waals surface area contributed by atoms with Crippen molar-refractivity contribution in [3.05, 3.63) is 28.2 Å². The van der Waals surface area contributed by atoms with Gasteiger partial charge in [-0.25, -0.2) is 0 Å². The molecule has 4 nitrogen and oxygen atoms in total. The second-order valence-electron chi connectivity index (χ2n) is 3.62. The molecule has 1 aliphatic heterocycles. The molecule has 1 aliphatic rings. The Balaban J connectivity index is 1.77. The van der Waals surface area contributed by atoms with E-state index in [0.29, 0.717) is 28.9 Å². The molecule has 1 aromatic carbocycles. The van der Waals surface area contributed by atoms with Crippen LogP contribution in [0.25, 0.3) is 0 Å². The molecule has 0 saturated carbocycles. The maximum Gasteiger partial charge on any atom is 0.258 e. The van der Waals surface area contributed by atoms with Gasteiger partial charge in [-0.05, 0) is 18.2 Å². The highest BCUT2D eigenvalue weighted by atomic mass is 35.5. The Labute approximate surface area is 109 Å². The van der Waals surface area contributed by atoms with Crippen LogP contribution >= 0.6 is 23.2 Å². The molecule has 17 heavy (non-hydrogen) atoms. The number of hydrogen-bond donors (Lipinski definition) is 1. The molecule has 1 heterocycles. The summed E-state index contributed by atoms with van der Waals surface area (Å²) >= 11 is 11.6. The van der Waals surface area contributed by atoms with Crippen LogP contribution in [0.3, 0.4) is 0 Å². The van der Waals surface area contributed by atoms with Crippen molar-refractivity contribution in [2.24, 2.45) is 0 Å². The first-order valence-electron chi connectivity index (χ1n) is 5.11. The summed E-state index contributed by atoms with van der Waals surface area (Å²) in [5.74, 6) is 0.236. The standard InChI is InChI=1S/C11H11Cl2NO3/c12-7-1-2-10(9(13)3-7)17-6-11(15)14-4-8-5-16-8/h1-3,8H,4-6H2,(H,14,15)/t8-/m0/s1. The quantitative estimate of drug-likeness (QED) is 0.835. The summed E-state index contributed by atoms with van der Waals surface area (Å²) < 4.78 is 10.2. The van der Waals surface area contributed by atoms with Gasteiger partial charge in [-0.15, -0.1) is 0 Å². The predicted octanol–water partition coefficient (Wildman–Crippen LogP) is 1.89. The Kier molecular flexibility index (Phi) is 4.10. The molecule has 0 radical (unpaired) electrons. The Morgan fingerprint density at radius 2 is 2.29 bits per heavy atom. The summed E-state index contributed by atoms with van der Waals surface area (Å²) in [4.78, 5) is 11.4. The Bertz CT molecular complexity index is 421. The van der Waals surface area contributed by atoms with E-state index in [2.05, 4.69) is 5.32 Å². The van der Waals surface area contributed by atoms with Crippen LogP contribution in [0.4, 0.5) is 0 Å². The largest absolute Gasteiger partial charge is 0.482 e. The van der Waals surface area contributed by atoms with Gasteiger partial charge in [0.15, 0.2) is 6.61 Å². The van der Waals surface area contributed by atoms with Crippen molar-refractivity contribution in [3.8, 4) is 5.75 Å². The van der Waals surface area contributed by atoms with Crippen LogP contribution in [0.15, 0.2) is 18.2 Å². The highest BCUT2D eigenvalue weighted by Gasteiger charge is 2.22. The fourth-order valence-electron chi connectivity index (χ4n) is 1.20. The van der Waals surface area contributed by atoms with E-state index in [-0.39, 0.29) is 18.6 Å². The van der Waals surface area contributed by atoms with Gasteiger partial charge >= 0.3 is 0 Å². The monoisotopic (exact) mass is 275 g/mol. The third-order valence-corrected chi connectivity index (χ3v) is 2.71. The lowest BCUT2D eigenvalue weighted by Gasteiger charge is -2.08. The minimum absolute atomic E-state index is 0.0753. The molecule has 1 amide bonds. The van der Waals surface area contributed by atoms with E-state index in [1.807, 2.05) is 0 Å². The number of hydrogen-bond acceptors (Lipinski definition) is 3. The molecule has 92 valence electrons. The smallest absolute Gasteiger partial charge is 0.258 e. The van der Waals surface area contributed by atoms with E-state index in [9.17, 15) is 4.79 Å². The third kappa shape index (κ3) is 4.07. The van der Waals surface area contributed by atoms with Gasteiger partial charge in [0, 0.05) is 11.6 Å². The molecular formula is C11H11Cl2NO3. The van der Waals surface area contributed by atoms with Crippen LogP contribution in [-0.2, 0) is 9.53 Å². The number of halogens is 2. The maximum absolute atomic E-state index is 11.4. The zero-order chi connectivity index (χ0) is 12.3. The number of carbonyl (C=O) groups excluding carboxylic acids is 1. The third-order valence-electron chi connectivity index (χ3n) is 2.18. The van der Waals surface area contributed by atoms with Gasteiger partial charge < -0.3 is 14.8 Å². The van der Waals surface area contributed by atoms with Crippen molar-refractivity contribution in [2.75, 3.05) is 19.8 Å². The average molecular weight is 276 g/mol. The molecule has 0 spiro atoms. The van der Waals surface area contributed by atoms with Gasteiger partial charge in [-0.1, -0.05) is 23.2 Å². The van der Waals surface area contributed by atoms with E-state index in [4.69, 9.17) is 32.7 Å². The Morgan fingerprint density at radius 1 is 1.53 bits per heavy atom. The predicted molar refractivity (Wildman–Crippen MR) is 64.7 cm³/mol. The molecule has 2 rings (SSSR count). The minimum atomic E-state index is -0.202. The number of rotatable bonds is 5. The summed E-state index contributed by atoms with van der Waals surface area (Å²) in [7, 11) is 0. The number of benzene rings is 1. The van der Waals surface area contributed by atoms with Gasteiger partial charge in [0.2, 0.25) is 0 Å². The van der Waals surface area contributed by atoms with E-state index < -0.39 is 0 Å². The van der Waals surface area contributed by atoms with Gasteiger partial charge in [-0.3, -0.25) is 4.79 Å². The maximum atomic E-state index is 11.4. The lowest BCUT2D eigenvalue weighted by atomic mass is 10.3. The highest BCUT2D eigenvalue weighted by Crippen LogP contribution is 2.27. The molecule has 0 bridgehead atoms. The first-order valence-corrected chi connectivity index (χ1v) is 5.87. The van der Waals surface area contributed by atoms with Crippen LogP contribution in [0.1, 0.15) is 0 Å². The number of epoxide rings is 1. The zero-order valence-electron chi connectivity index (χ0n) is 8.91. The first-order chi connectivity index (χ1) is 8.15. The lowest BCUT2D eigenvalue weighted by Crippen LogP contribution is -2.31. The van der Waals surface area contributed by atoms with Crippen LogP contribution in [-0.4, -0.2) is 31.8 Å². The second-order valence-corrected chi connectivity index (χ2v) is 4.47. The van der Waals surface area contributed by atoms with Crippen molar-refractivity contribution in [1.82, 2.24) is 5.32 Å². The summed E-state index contributed by atoms with van der Waals surface area (Å²) in [6.45, 7) is 1.16. The van der Waals surface area contributed by atoms with Gasteiger partial charge in [0.05, 0.1) is 17.7 Å². The Hall–Kier alpha value is -0.970. The van der Waals surface area contributed by atoms with E-state index in [1.165, 1.54) is 0 Å². The van der Waals surface area contributed by atoms with Crippen molar-refractivity contribution >= 4 is 29.1 Å². The Morgan fingerprint density at radius 3 is 2.94 bits per heavy atom. The van der Waals surface area contributed by atoms with E-state index in [0.717, 1.165) is 0 Å². The van der Waals surface area contributed by atoms with E-state index in [1.54, 1.807) is 18.2 Å². The number of amides is 1. The molecule has 1 atom stereocenters. The molecule has 1 fully saturated rings. The van der Waals surface area contributed by atoms with Crippen molar-refractivity contribution in [1.29, 1.82) is 0 Å². The first kappa shape index (κ1) is 12.5. The number of nitrogens with one attached hydrogen (secondary N) is 1. The normalized spacial score (nSPS) is 17.6. The fraction of sp³-hybridized carbons (Fsp3) is 0.364. The van der Waals surface area contributed by atoms with Crippen LogP contribution < -0.4 is 10.1 Å². The average Bonchev–Trinajstić information content (AvgIpc) is 3.09. The molecule has 1 aromatic rings. The zero-order valence-corrected chi connectivity index (χ0v) is 10.4. The van der Waals surface area contributed by atoms with Gasteiger partial charge in [0.25, 0.3) is 5.91 Å². The molecule has 0 unspecified atom stereocenters. The molecule has 0 aliphatic carbocycles. The van der Waals surface area contributed by atoms with Crippen molar-refractivity contribution in [2.45, 2.75) is 6.10 Å². The van der Waals surface area contributed by atoms with Crippen LogP contribution in [0.2, 0.25) is 10.0 Å². The number of carbonyl (C=O) groups is 1. The van der Waals surface area contributed by atoms with Crippen LogP contribution in [0.5, 0.6) is 5.75 Å². The molecule has 0 aromatic heterocycles. The topological polar surface area (TPSA) is 50.9 Å². The second kappa shape index (κ2) is 5.58. The summed E-state index contributed by atoms with van der Waals surface area (Å²) in [5.41, 5.74) is 0. The molecule has 1 N–H and O–H groups in total. The summed E-state index contributed by atoms with van der Waals surface area (Å²) in [5, 5.41) is 3.60. The van der Waals surface area contributed by atoms with Crippen molar-refractivity contribution in [3.63, 3.8) is 0 Å². The van der Waals surface area contributed by atoms with E-state index >= 15 is 0 Å². The molecule has 1 saturated heterocycles. The molecular weight excluding hydrogens is 265 g/mol. The van der Waals surface area contributed by atoms with Crippen LogP contribution in [0, 0.1) is 0 Å². The summed E-state index contributed by atoms with van der Waals surface area (Å²) in [6.07, 6.45) is 0.165. The fourth-order valence-corrected chi connectivity index (χ4v) is 1.66. The van der Waals surface area contributed by atoms with Gasteiger partial charge in [0.1, 0.15) is 5.75 Å². The lowest BCUT2D eigenvalue weighted by molar-refractivity contribution is -0.123. The highest BCUT2D eigenvalue weighted by molar-refractivity contribution is 6.35. The SMILES string of the molecule is O=C(COc1ccc(Cl)cc1Cl)NC[C@H]1CO1. The minimum Gasteiger partial charge on any atom is -0.482 e. The van der Waals surface area contributed by atoms with Gasteiger partial charge in [-0.2, -0.15) is 0 Å². The van der Waals surface area contributed by atoms with Crippen molar-refractivity contribution < 1.29 is 14.3 Å².